The molecule has 11 heteroatoms. The molecule has 1 aromatic carbocycles. The van der Waals surface area contributed by atoms with Crippen molar-refractivity contribution in [3.05, 3.63) is 48.3 Å². The third-order valence-electron chi connectivity index (χ3n) is 6.70. The molecule has 5 heterocycles. The summed E-state index contributed by atoms with van der Waals surface area (Å²) in [6, 6.07) is 10.9. The molecule has 6 rings (SSSR count). The Bertz CT molecular complexity index is 1280. The zero-order valence-electron chi connectivity index (χ0n) is 19.5. The molecule has 2 fully saturated rings. The Kier molecular flexibility index (Phi) is 5.93. The lowest BCUT2D eigenvalue weighted by atomic mass is 10.0. The van der Waals surface area contributed by atoms with Gasteiger partial charge in [0.05, 0.1) is 24.8 Å². The van der Waals surface area contributed by atoms with Gasteiger partial charge in [-0.3, -0.25) is 4.90 Å². The van der Waals surface area contributed by atoms with Gasteiger partial charge in [0, 0.05) is 45.1 Å². The first-order valence-corrected chi connectivity index (χ1v) is 12.0. The predicted octanol–water partition coefficient (Wildman–Crippen LogP) is 1.93. The number of rotatable bonds is 5. The number of ether oxygens (including phenoxy) is 1. The SMILES string of the molecule is Nc1ncc(-c2nc(N3CCOCC3)c3nnn(C4CCN(Cc5ccccc5)CC4)c3n2)cn1. The Labute approximate surface area is 203 Å². The Morgan fingerprint density at radius 3 is 2.43 bits per heavy atom. The molecule has 0 radical (unpaired) electrons. The molecule has 35 heavy (non-hydrogen) atoms. The number of nitrogen functional groups attached to an aromatic ring is 1. The van der Waals surface area contributed by atoms with E-state index in [0.717, 1.165) is 62.5 Å². The fraction of sp³-hybridized carbons (Fsp3) is 0.417. The van der Waals surface area contributed by atoms with Crippen LogP contribution in [0.5, 0.6) is 0 Å². The number of fused-ring (bicyclic) bond motifs is 1. The predicted molar refractivity (Wildman–Crippen MR) is 132 cm³/mol. The summed E-state index contributed by atoms with van der Waals surface area (Å²) in [7, 11) is 0. The van der Waals surface area contributed by atoms with E-state index in [2.05, 4.69) is 60.4 Å². The highest BCUT2D eigenvalue weighted by molar-refractivity contribution is 5.85. The molecule has 4 aromatic rings. The molecule has 0 saturated carbocycles. The number of nitrogens with two attached hydrogens (primary N) is 1. The second kappa shape index (κ2) is 9.51. The van der Waals surface area contributed by atoms with Crippen molar-refractivity contribution in [2.24, 2.45) is 0 Å². The van der Waals surface area contributed by atoms with E-state index in [1.165, 1.54) is 5.56 Å². The van der Waals surface area contributed by atoms with Gasteiger partial charge in [-0.2, -0.15) is 0 Å². The largest absolute Gasteiger partial charge is 0.378 e. The fourth-order valence-corrected chi connectivity index (χ4v) is 4.80. The maximum Gasteiger partial charge on any atom is 0.219 e. The van der Waals surface area contributed by atoms with Gasteiger partial charge in [-0.05, 0) is 18.4 Å². The van der Waals surface area contributed by atoms with E-state index in [9.17, 15) is 0 Å². The van der Waals surface area contributed by atoms with Crippen molar-refractivity contribution in [2.75, 3.05) is 50.0 Å². The lowest BCUT2D eigenvalue weighted by Crippen LogP contribution is -2.37. The van der Waals surface area contributed by atoms with Crippen LogP contribution < -0.4 is 10.6 Å². The van der Waals surface area contributed by atoms with E-state index in [0.29, 0.717) is 24.6 Å². The van der Waals surface area contributed by atoms with Crippen LogP contribution in [-0.4, -0.2) is 79.2 Å². The molecule has 0 bridgehead atoms. The summed E-state index contributed by atoms with van der Waals surface area (Å²) in [5, 5.41) is 9.11. The first-order chi connectivity index (χ1) is 17.2. The molecule has 0 spiro atoms. The number of hydrogen-bond acceptors (Lipinski definition) is 10. The Morgan fingerprint density at radius 2 is 1.69 bits per heavy atom. The lowest BCUT2D eigenvalue weighted by molar-refractivity contribution is 0.122. The minimum absolute atomic E-state index is 0.220. The first kappa shape index (κ1) is 21.8. The number of morpholine rings is 1. The molecule has 2 N–H and O–H groups in total. The molecule has 0 unspecified atom stereocenters. The smallest absolute Gasteiger partial charge is 0.219 e. The average molecular weight is 473 g/mol. The van der Waals surface area contributed by atoms with Crippen LogP contribution >= 0.6 is 0 Å². The second-order valence-corrected chi connectivity index (χ2v) is 9.00. The van der Waals surface area contributed by atoms with Crippen molar-refractivity contribution < 1.29 is 4.74 Å². The summed E-state index contributed by atoms with van der Waals surface area (Å²) in [5.41, 5.74) is 9.21. The fourth-order valence-electron chi connectivity index (χ4n) is 4.80. The number of piperidine rings is 1. The molecule has 3 aromatic heterocycles. The summed E-state index contributed by atoms with van der Waals surface area (Å²) in [6.45, 7) is 5.76. The third kappa shape index (κ3) is 4.52. The van der Waals surface area contributed by atoms with Crippen LogP contribution in [0.2, 0.25) is 0 Å². The van der Waals surface area contributed by atoms with Crippen LogP contribution in [0.25, 0.3) is 22.6 Å². The Balaban J connectivity index is 1.31. The van der Waals surface area contributed by atoms with Crippen LogP contribution in [-0.2, 0) is 11.3 Å². The molecule has 180 valence electrons. The summed E-state index contributed by atoms with van der Waals surface area (Å²) in [6.07, 6.45) is 5.29. The molecule has 0 atom stereocenters. The second-order valence-electron chi connectivity index (χ2n) is 9.00. The molecule has 11 nitrogen and oxygen atoms in total. The van der Waals surface area contributed by atoms with Crippen LogP contribution in [0.1, 0.15) is 24.4 Å². The van der Waals surface area contributed by atoms with Crippen molar-refractivity contribution >= 4 is 22.9 Å². The number of aromatic nitrogens is 7. The molecule has 0 aliphatic carbocycles. The number of benzene rings is 1. The standard InChI is InChI=1S/C24H28N10O/c25-24-26-14-18(15-27-24)21-28-22(33-10-12-35-13-11-33)20-23(29-21)34(31-30-20)19-6-8-32(9-7-19)16-17-4-2-1-3-5-17/h1-5,14-15,19H,6-13,16H2,(H2,25,26,27). The van der Waals surface area contributed by atoms with E-state index < -0.39 is 0 Å². The van der Waals surface area contributed by atoms with Crippen molar-refractivity contribution in [2.45, 2.75) is 25.4 Å². The van der Waals surface area contributed by atoms with E-state index >= 15 is 0 Å². The zero-order valence-corrected chi connectivity index (χ0v) is 19.5. The van der Waals surface area contributed by atoms with E-state index in [1.807, 2.05) is 4.68 Å². The Hall–Kier alpha value is -3.70. The van der Waals surface area contributed by atoms with Crippen LogP contribution in [0.15, 0.2) is 42.7 Å². The maximum absolute atomic E-state index is 5.69. The lowest BCUT2D eigenvalue weighted by Gasteiger charge is -2.32. The monoisotopic (exact) mass is 472 g/mol. The quantitative estimate of drug-likeness (QED) is 0.461. The number of anilines is 2. The highest BCUT2D eigenvalue weighted by Crippen LogP contribution is 2.30. The third-order valence-corrected chi connectivity index (χ3v) is 6.70. The number of likely N-dealkylation sites (tertiary alicyclic amines) is 1. The summed E-state index contributed by atoms with van der Waals surface area (Å²) >= 11 is 0. The number of hydrogen-bond donors (Lipinski definition) is 1. The summed E-state index contributed by atoms with van der Waals surface area (Å²) < 4.78 is 7.54. The van der Waals surface area contributed by atoms with Gasteiger partial charge in [0.15, 0.2) is 22.8 Å². The van der Waals surface area contributed by atoms with E-state index in [-0.39, 0.29) is 12.0 Å². The number of nitrogens with zero attached hydrogens (tertiary/aromatic N) is 9. The van der Waals surface area contributed by atoms with Gasteiger partial charge in [-0.25, -0.2) is 24.6 Å². The van der Waals surface area contributed by atoms with E-state index in [1.54, 1.807) is 12.4 Å². The van der Waals surface area contributed by atoms with Crippen molar-refractivity contribution in [3.63, 3.8) is 0 Å². The maximum atomic E-state index is 5.69. The summed E-state index contributed by atoms with van der Waals surface area (Å²) in [4.78, 5) is 22.7. The van der Waals surface area contributed by atoms with Crippen LogP contribution in [0.4, 0.5) is 11.8 Å². The van der Waals surface area contributed by atoms with E-state index in [4.69, 9.17) is 20.4 Å². The molecule has 2 aliphatic heterocycles. The molecular formula is C24H28N10O. The first-order valence-electron chi connectivity index (χ1n) is 12.0. The Morgan fingerprint density at radius 1 is 0.943 bits per heavy atom. The highest BCUT2D eigenvalue weighted by Gasteiger charge is 2.27. The molecule has 0 amide bonds. The summed E-state index contributed by atoms with van der Waals surface area (Å²) in [5.74, 6) is 1.54. The average Bonchev–Trinajstić information content (AvgIpc) is 3.34. The highest BCUT2D eigenvalue weighted by atomic mass is 16.5. The minimum Gasteiger partial charge on any atom is -0.378 e. The van der Waals surface area contributed by atoms with Gasteiger partial charge in [0.1, 0.15) is 0 Å². The van der Waals surface area contributed by atoms with Gasteiger partial charge in [-0.1, -0.05) is 35.5 Å². The normalized spacial score (nSPS) is 17.8. The van der Waals surface area contributed by atoms with Crippen molar-refractivity contribution in [1.29, 1.82) is 0 Å². The zero-order chi connectivity index (χ0) is 23.6. The molecule has 2 aliphatic rings. The van der Waals surface area contributed by atoms with Gasteiger partial charge in [-0.15, -0.1) is 5.10 Å². The van der Waals surface area contributed by atoms with Gasteiger partial charge in [0.25, 0.3) is 0 Å². The van der Waals surface area contributed by atoms with Crippen LogP contribution in [0, 0.1) is 0 Å². The minimum atomic E-state index is 0.220. The van der Waals surface area contributed by atoms with Gasteiger partial charge >= 0.3 is 0 Å². The molecule has 2 saturated heterocycles. The van der Waals surface area contributed by atoms with Gasteiger partial charge < -0.3 is 15.4 Å². The molecular weight excluding hydrogens is 444 g/mol. The van der Waals surface area contributed by atoms with Crippen molar-refractivity contribution in [1.82, 2.24) is 39.8 Å². The van der Waals surface area contributed by atoms with Crippen molar-refractivity contribution in [3.8, 4) is 11.4 Å². The van der Waals surface area contributed by atoms with Crippen LogP contribution in [0.3, 0.4) is 0 Å². The topological polar surface area (TPSA) is 124 Å². The van der Waals surface area contributed by atoms with Gasteiger partial charge in [0.2, 0.25) is 5.95 Å².